The van der Waals surface area contributed by atoms with Crippen LogP contribution in [0.1, 0.15) is 56.1 Å². The first-order valence-electron chi connectivity index (χ1n) is 6.50. The number of Topliss-reactive ketones (excluding diaryl/α,β-unsaturated/α-hetero) is 1. The highest BCUT2D eigenvalue weighted by molar-refractivity contribution is 9.10. The average Bonchev–Trinajstić information content (AvgIpc) is 2.33. The van der Waals surface area contributed by atoms with Crippen molar-refractivity contribution >= 4 is 21.7 Å². The first-order chi connectivity index (χ1) is 8.20. The van der Waals surface area contributed by atoms with E-state index in [0.717, 1.165) is 36.6 Å². The molecule has 0 atom stereocenters. The number of rotatable bonds is 3. The van der Waals surface area contributed by atoms with Crippen LogP contribution in [-0.2, 0) is 11.2 Å². The molecule has 0 bridgehead atoms. The summed E-state index contributed by atoms with van der Waals surface area (Å²) in [6.07, 6.45) is 5.93. The van der Waals surface area contributed by atoms with Crippen LogP contribution in [0.2, 0.25) is 0 Å². The second kappa shape index (κ2) is 5.81. The van der Waals surface area contributed by atoms with Crippen molar-refractivity contribution in [3.63, 3.8) is 0 Å². The second-order valence-electron chi connectivity index (χ2n) is 4.91. The van der Waals surface area contributed by atoms with Gasteiger partial charge < -0.3 is 0 Å². The van der Waals surface area contributed by atoms with Gasteiger partial charge in [-0.2, -0.15) is 0 Å². The van der Waals surface area contributed by atoms with Gasteiger partial charge in [0.25, 0.3) is 0 Å². The Kier molecular flexibility index (Phi) is 4.38. The van der Waals surface area contributed by atoms with E-state index in [0.29, 0.717) is 11.7 Å². The average molecular weight is 295 g/mol. The summed E-state index contributed by atoms with van der Waals surface area (Å²) in [4.78, 5) is 11.3. The molecule has 0 heterocycles. The monoisotopic (exact) mass is 294 g/mol. The molecule has 1 aliphatic carbocycles. The van der Waals surface area contributed by atoms with Crippen LogP contribution in [0.4, 0.5) is 0 Å². The van der Waals surface area contributed by atoms with Crippen molar-refractivity contribution in [2.45, 2.75) is 51.4 Å². The number of halogens is 1. The van der Waals surface area contributed by atoms with Crippen molar-refractivity contribution in [2.75, 3.05) is 0 Å². The normalized spacial score (nSPS) is 17.4. The van der Waals surface area contributed by atoms with Crippen LogP contribution in [0.3, 0.4) is 0 Å². The highest BCUT2D eigenvalue weighted by Gasteiger charge is 2.22. The molecule has 1 fully saturated rings. The maximum atomic E-state index is 11.3. The molecular weight excluding hydrogens is 276 g/mol. The van der Waals surface area contributed by atoms with E-state index < -0.39 is 0 Å². The van der Waals surface area contributed by atoms with E-state index >= 15 is 0 Å². The SMILES string of the molecule is CCCc1ccc(Br)cc1C1CCC(=O)CC1. The maximum absolute atomic E-state index is 11.3. The van der Waals surface area contributed by atoms with Crippen LogP contribution in [0.5, 0.6) is 0 Å². The fourth-order valence-corrected chi connectivity index (χ4v) is 3.07. The molecule has 0 saturated heterocycles. The zero-order chi connectivity index (χ0) is 12.3. The minimum atomic E-state index is 0.438. The minimum Gasteiger partial charge on any atom is -0.300 e. The van der Waals surface area contributed by atoms with Gasteiger partial charge in [0.2, 0.25) is 0 Å². The van der Waals surface area contributed by atoms with E-state index in [1.807, 2.05) is 0 Å². The Balaban J connectivity index is 2.23. The summed E-state index contributed by atoms with van der Waals surface area (Å²) in [5.41, 5.74) is 2.93. The van der Waals surface area contributed by atoms with Gasteiger partial charge in [0, 0.05) is 17.3 Å². The molecule has 0 N–H and O–H groups in total. The lowest BCUT2D eigenvalue weighted by molar-refractivity contribution is -0.120. The zero-order valence-electron chi connectivity index (χ0n) is 10.3. The number of benzene rings is 1. The topological polar surface area (TPSA) is 17.1 Å². The molecule has 1 nitrogen and oxygen atoms in total. The highest BCUT2D eigenvalue weighted by atomic mass is 79.9. The van der Waals surface area contributed by atoms with Gasteiger partial charge in [-0.3, -0.25) is 4.79 Å². The Morgan fingerprint density at radius 1 is 1.29 bits per heavy atom. The van der Waals surface area contributed by atoms with Crippen molar-refractivity contribution in [1.82, 2.24) is 0 Å². The van der Waals surface area contributed by atoms with E-state index in [-0.39, 0.29) is 0 Å². The minimum absolute atomic E-state index is 0.438. The predicted octanol–water partition coefficient (Wildman–Crippen LogP) is 4.63. The fraction of sp³-hybridized carbons (Fsp3) is 0.533. The van der Waals surface area contributed by atoms with Gasteiger partial charge in [-0.05, 0) is 48.4 Å². The third kappa shape index (κ3) is 3.19. The van der Waals surface area contributed by atoms with Crippen molar-refractivity contribution in [1.29, 1.82) is 0 Å². The lowest BCUT2D eigenvalue weighted by Gasteiger charge is -2.24. The Labute approximate surface area is 112 Å². The first kappa shape index (κ1) is 12.8. The highest BCUT2D eigenvalue weighted by Crippen LogP contribution is 2.35. The summed E-state index contributed by atoms with van der Waals surface area (Å²) in [6.45, 7) is 2.22. The Bertz CT molecular complexity index is 401. The number of aryl methyl sites for hydroxylation is 1. The van der Waals surface area contributed by atoms with Crippen LogP contribution in [-0.4, -0.2) is 5.78 Å². The molecule has 0 aromatic heterocycles. The van der Waals surface area contributed by atoms with Crippen LogP contribution in [0, 0.1) is 0 Å². The fourth-order valence-electron chi connectivity index (χ4n) is 2.69. The molecule has 0 spiro atoms. The van der Waals surface area contributed by atoms with E-state index in [4.69, 9.17) is 0 Å². The molecule has 17 heavy (non-hydrogen) atoms. The summed E-state index contributed by atoms with van der Waals surface area (Å²) in [5, 5.41) is 0. The lowest BCUT2D eigenvalue weighted by Crippen LogP contribution is -2.13. The molecule has 0 unspecified atom stereocenters. The summed E-state index contributed by atoms with van der Waals surface area (Å²) in [7, 11) is 0. The van der Waals surface area contributed by atoms with E-state index in [1.165, 1.54) is 17.5 Å². The molecule has 1 aliphatic rings. The smallest absolute Gasteiger partial charge is 0.132 e. The van der Waals surface area contributed by atoms with Gasteiger partial charge in [-0.25, -0.2) is 0 Å². The molecule has 2 heteroatoms. The van der Waals surface area contributed by atoms with E-state index in [9.17, 15) is 4.79 Å². The van der Waals surface area contributed by atoms with Crippen LogP contribution in [0.15, 0.2) is 22.7 Å². The second-order valence-corrected chi connectivity index (χ2v) is 5.82. The van der Waals surface area contributed by atoms with E-state index in [2.05, 4.69) is 41.1 Å². The summed E-state index contributed by atoms with van der Waals surface area (Å²) < 4.78 is 1.16. The Hall–Kier alpha value is -0.630. The molecule has 1 saturated carbocycles. The standard InChI is InChI=1S/C15H19BrO/c1-2-3-11-4-7-13(16)10-15(11)12-5-8-14(17)9-6-12/h4,7,10,12H,2-3,5-6,8-9H2,1H3. The third-order valence-electron chi connectivity index (χ3n) is 3.61. The van der Waals surface area contributed by atoms with Crippen LogP contribution >= 0.6 is 15.9 Å². The van der Waals surface area contributed by atoms with Crippen molar-refractivity contribution in [2.24, 2.45) is 0 Å². The van der Waals surface area contributed by atoms with Crippen molar-refractivity contribution < 1.29 is 4.79 Å². The number of hydrogen-bond acceptors (Lipinski definition) is 1. The first-order valence-corrected chi connectivity index (χ1v) is 7.30. The molecular formula is C15H19BrO. The number of ketones is 1. The maximum Gasteiger partial charge on any atom is 0.132 e. The van der Waals surface area contributed by atoms with Gasteiger partial charge in [0.1, 0.15) is 5.78 Å². The summed E-state index contributed by atoms with van der Waals surface area (Å²) in [6, 6.07) is 6.62. The largest absolute Gasteiger partial charge is 0.300 e. The molecule has 0 aliphatic heterocycles. The Morgan fingerprint density at radius 2 is 2.00 bits per heavy atom. The molecule has 92 valence electrons. The van der Waals surface area contributed by atoms with Gasteiger partial charge in [-0.15, -0.1) is 0 Å². The molecule has 0 amide bonds. The number of carbonyl (C=O) groups is 1. The molecule has 0 radical (unpaired) electrons. The Morgan fingerprint density at radius 3 is 2.65 bits per heavy atom. The van der Waals surface area contributed by atoms with Gasteiger partial charge in [0.15, 0.2) is 0 Å². The predicted molar refractivity (Wildman–Crippen MR) is 74.4 cm³/mol. The lowest BCUT2D eigenvalue weighted by atomic mass is 9.81. The number of hydrogen-bond donors (Lipinski definition) is 0. The van der Waals surface area contributed by atoms with E-state index in [1.54, 1.807) is 0 Å². The quantitative estimate of drug-likeness (QED) is 0.794. The van der Waals surface area contributed by atoms with Crippen LogP contribution < -0.4 is 0 Å². The van der Waals surface area contributed by atoms with Gasteiger partial charge in [0.05, 0.1) is 0 Å². The summed E-state index contributed by atoms with van der Waals surface area (Å²) >= 11 is 3.56. The number of carbonyl (C=O) groups excluding carboxylic acids is 1. The van der Waals surface area contributed by atoms with Crippen molar-refractivity contribution in [3.05, 3.63) is 33.8 Å². The zero-order valence-corrected chi connectivity index (χ0v) is 11.9. The molecule has 2 rings (SSSR count). The molecule has 1 aromatic carbocycles. The van der Waals surface area contributed by atoms with Gasteiger partial charge >= 0.3 is 0 Å². The third-order valence-corrected chi connectivity index (χ3v) is 4.10. The van der Waals surface area contributed by atoms with Crippen molar-refractivity contribution in [3.8, 4) is 0 Å². The van der Waals surface area contributed by atoms with Gasteiger partial charge in [-0.1, -0.05) is 35.3 Å². The van der Waals surface area contributed by atoms with Crippen LogP contribution in [0.25, 0.3) is 0 Å². The molecule has 1 aromatic rings. The summed E-state index contributed by atoms with van der Waals surface area (Å²) in [5.74, 6) is 1.03.